The van der Waals surface area contributed by atoms with Crippen LogP contribution in [0, 0.1) is 0 Å². The summed E-state index contributed by atoms with van der Waals surface area (Å²) in [7, 11) is 0. The number of benzene rings is 1. The van der Waals surface area contributed by atoms with Crippen molar-refractivity contribution in [2.45, 2.75) is 45.4 Å². The van der Waals surface area contributed by atoms with Crippen LogP contribution < -0.4 is 4.74 Å². The van der Waals surface area contributed by atoms with Crippen LogP contribution in [0.1, 0.15) is 51.0 Å². The van der Waals surface area contributed by atoms with Crippen LogP contribution in [0.4, 0.5) is 0 Å². The van der Waals surface area contributed by atoms with Crippen molar-refractivity contribution in [3.63, 3.8) is 0 Å². The molecule has 0 heterocycles. The minimum absolute atomic E-state index is 0.245. The minimum atomic E-state index is -1.01. The van der Waals surface area contributed by atoms with Crippen molar-refractivity contribution < 1.29 is 19.4 Å². The van der Waals surface area contributed by atoms with Crippen molar-refractivity contribution in [2.75, 3.05) is 0 Å². The Kier molecular flexibility index (Phi) is 7.87. The molecule has 0 spiro atoms. The van der Waals surface area contributed by atoms with E-state index in [9.17, 15) is 9.59 Å². The molecule has 1 aromatic rings. The predicted octanol–water partition coefficient (Wildman–Crippen LogP) is 4.05. The number of rotatable bonds is 9. The van der Waals surface area contributed by atoms with Crippen molar-refractivity contribution >= 4 is 18.0 Å². The number of hydrogen-bond acceptors (Lipinski definition) is 3. The molecule has 0 unspecified atom stereocenters. The Morgan fingerprint density at radius 1 is 1.19 bits per heavy atom. The molecule has 0 aliphatic heterocycles. The maximum Gasteiger partial charge on any atom is 0.328 e. The van der Waals surface area contributed by atoms with Gasteiger partial charge < -0.3 is 9.84 Å². The molecular formula is C17H22O4. The van der Waals surface area contributed by atoms with Crippen LogP contribution in [0.15, 0.2) is 30.3 Å². The lowest BCUT2D eigenvalue weighted by atomic mass is 10.1. The first kappa shape index (κ1) is 17.0. The largest absolute Gasteiger partial charge is 0.478 e. The molecule has 0 saturated heterocycles. The van der Waals surface area contributed by atoms with Crippen LogP contribution in [0.3, 0.4) is 0 Å². The van der Waals surface area contributed by atoms with Crippen molar-refractivity contribution in [1.29, 1.82) is 0 Å². The second-order valence-corrected chi connectivity index (χ2v) is 4.88. The number of aliphatic carboxylic acids is 1. The number of carbonyl (C=O) groups excluding carboxylic acids is 1. The number of esters is 1. The fraction of sp³-hybridized carbons (Fsp3) is 0.412. The van der Waals surface area contributed by atoms with Gasteiger partial charge in [-0.3, -0.25) is 4.79 Å². The topological polar surface area (TPSA) is 63.6 Å². The van der Waals surface area contributed by atoms with E-state index in [1.807, 2.05) is 0 Å². The van der Waals surface area contributed by atoms with Gasteiger partial charge in [0, 0.05) is 12.5 Å². The summed E-state index contributed by atoms with van der Waals surface area (Å²) in [6.07, 6.45) is 8.35. The third-order valence-corrected chi connectivity index (χ3v) is 2.99. The molecule has 0 aliphatic carbocycles. The second-order valence-electron chi connectivity index (χ2n) is 4.88. The maximum absolute atomic E-state index is 11.7. The summed E-state index contributed by atoms with van der Waals surface area (Å²) in [5.74, 6) is -0.809. The summed E-state index contributed by atoms with van der Waals surface area (Å²) < 4.78 is 5.25. The monoisotopic (exact) mass is 290 g/mol. The second kappa shape index (κ2) is 9.75. The summed E-state index contributed by atoms with van der Waals surface area (Å²) in [5, 5.41) is 8.58. The van der Waals surface area contributed by atoms with Crippen molar-refractivity contribution in [3.05, 3.63) is 35.9 Å². The quantitative estimate of drug-likeness (QED) is 0.322. The zero-order valence-electron chi connectivity index (χ0n) is 12.4. The standard InChI is InChI=1S/C17H22O4/c1-2-3-4-5-6-10-17(20)21-15-9-7-8-14(13-15)11-12-16(18)19/h7-9,11-13H,2-6,10H2,1H3,(H,18,19)/b12-11+. The molecule has 1 rings (SSSR count). The van der Waals surface area contributed by atoms with Gasteiger partial charge in [0.25, 0.3) is 0 Å². The first-order chi connectivity index (χ1) is 10.1. The molecule has 0 aliphatic rings. The summed E-state index contributed by atoms with van der Waals surface area (Å²) in [6.45, 7) is 2.15. The van der Waals surface area contributed by atoms with Gasteiger partial charge in [0.05, 0.1) is 0 Å². The van der Waals surface area contributed by atoms with E-state index < -0.39 is 5.97 Å². The minimum Gasteiger partial charge on any atom is -0.478 e. The average Bonchev–Trinajstić information content (AvgIpc) is 2.45. The van der Waals surface area contributed by atoms with Crippen LogP contribution in [0.5, 0.6) is 5.75 Å². The zero-order valence-corrected chi connectivity index (χ0v) is 12.4. The number of carboxylic acids is 1. The van der Waals surface area contributed by atoms with E-state index in [-0.39, 0.29) is 5.97 Å². The number of carbonyl (C=O) groups is 2. The van der Waals surface area contributed by atoms with Crippen LogP contribution in [0.25, 0.3) is 6.08 Å². The molecule has 4 heteroatoms. The van der Waals surface area contributed by atoms with E-state index in [1.165, 1.54) is 18.9 Å². The van der Waals surface area contributed by atoms with Crippen molar-refractivity contribution in [2.24, 2.45) is 0 Å². The van der Waals surface area contributed by atoms with Gasteiger partial charge in [0.1, 0.15) is 5.75 Å². The van der Waals surface area contributed by atoms with Gasteiger partial charge in [-0.25, -0.2) is 4.79 Å². The summed E-state index contributed by atoms with van der Waals surface area (Å²) in [5.41, 5.74) is 0.686. The highest BCUT2D eigenvalue weighted by molar-refractivity contribution is 5.85. The lowest BCUT2D eigenvalue weighted by molar-refractivity contribution is -0.134. The first-order valence-electron chi connectivity index (χ1n) is 7.33. The van der Waals surface area contributed by atoms with E-state index in [2.05, 4.69) is 6.92 Å². The average molecular weight is 290 g/mol. The molecule has 4 nitrogen and oxygen atoms in total. The van der Waals surface area contributed by atoms with Gasteiger partial charge in [-0.2, -0.15) is 0 Å². The Hall–Kier alpha value is -2.10. The van der Waals surface area contributed by atoms with Crippen LogP contribution in [0.2, 0.25) is 0 Å². The Morgan fingerprint density at radius 3 is 2.67 bits per heavy atom. The summed E-state index contributed by atoms with van der Waals surface area (Å²) >= 11 is 0. The van der Waals surface area contributed by atoms with E-state index in [0.717, 1.165) is 25.3 Å². The van der Waals surface area contributed by atoms with Gasteiger partial charge in [0.2, 0.25) is 0 Å². The molecule has 0 radical (unpaired) electrons. The Labute approximate surface area is 125 Å². The number of ether oxygens (including phenoxy) is 1. The Morgan fingerprint density at radius 2 is 1.95 bits per heavy atom. The van der Waals surface area contributed by atoms with E-state index in [4.69, 9.17) is 9.84 Å². The highest BCUT2D eigenvalue weighted by Gasteiger charge is 2.05. The molecule has 1 N–H and O–H groups in total. The first-order valence-corrected chi connectivity index (χ1v) is 7.33. The third-order valence-electron chi connectivity index (χ3n) is 2.99. The molecule has 21 heavy (non-hydrogen) atoms. The molecule has 114 valence electrons. The van der Waals surface area contributed by atoms with Crippen molar-refractivity contribution in [3.8, 4) is 5.75 Å². The SMILES string of the molecule is CCCCCCCC(=O)Oc1cccc(/C=C/C(=O)O)c1. The van der Waals surface area contributed by atoms with Crippen molar-refractivity contribution in [1.82, 2.24) is 0 Å². The number of carboxylic acid groups (broad SMARTS) is 1. The fourth-order valence-electron chi connectivity index (χ4n) is 1.90. The molecule has 0 bridgehead atoms. The molecule has 0 amide bonds. The van der Waals surface area contributed by atoms with Gasteiger partial charge in [-0.1, -0.05) is 44.7 Å². The predicted molar refractivity (Wildman–Crippen MR) is 82.1 cm³/mol. The number of unbranched alkanes of at least 4 members (excludes halogenated alkanes) is 4. The van der Waals surface area contributed by atoms with E-state index in [1.54, 1.807) is 24.3 Å². The Bertz CT molecular complexity index is 491. The molecule has 0 aromatic heterocycles. The number of hydrogen-bond donors (Lipinski definition) is 1. The summed E-state index contributed by atoms with van der Waals surface area (Å²) in [4.78, 5) is 22.1. The van der Waals surface area contributed by atoms with E-state index >= 15 is 0 Å². The van der Waals surface area contributed by atoms with Crippen LogP contribution in [-0.4, -0.2) is 17.0 Å². The van der Waals surface area contributed by atoms with Crippen LogP contribution >= 0.6 is 0 Å². The Balaban J connectivity index is 2.41. The lowest BCUT2D eigenvalue weighted by Crippen LogP contribution is -2.07. The van der Waals surface area contributed by atoms with Gasteiger partial charge in [0.15, 0.2) is 0 Å². The molecule has 1 aromatic carbocycles. The molecule has 0 saturated carbocycles. The third kappa shape index (κ3) is 7.92. The fourth-order valence-corrected chi connectivity index (χ4v) is 1.90. The van der Waals surface area contributed by atoms with Crippen LogP contribution in [-0.2, 0) is 9.59 Å². The summed E-state index contributed by atoms with van der Waals surface area (Å²) in [6, 6.07) is 6.81. The smallest absolute Gasteiger partial charge is 0.328 e. The lowest BCUT2D eigenvalue weighted by Gasteiger charge is -2.05. The molecular weight excluding hydrogens is 268 g/mol. The highest BCUT2D eigenvalue weighted by atomic mass is 16.5. The highest BCUT2D eigenvalue weighted by Crippen LogP contribution is 2.16. The molecule has 0 fully saturated rings. The van der Waals surface area contributed by atoms with Gasteiger partial charge in [-0.15, -0.1) is 0 Å². The maximum atomic E-state index is 11.7. The van der Waals surface area contributed by atoms with Gasteiger partial charge in [-0.05, 0) is 30.2 Å². The van der Waals surface area contributed by atoms with E-state index in [0.29, 0.717) is 17.7 Å². The normalized spacial score (nSPS) is 10.7. The molecule has 0 atom stereocenters. The van der Waals surface area contributed by atoms with Gasteiger partial charge >= 0.3 is 11.9 Å². The zero-order chi connectivity index (χ0) is 15.5.